The number of rotatable bonds is 7. The summed E-state index contributed by atoms with van der Waals surface area (Å²) in [5, 5.41) is 11.9. The fraction of sp³-hybridized carbons (Fsp3) is 0.130. The third kappa shape index (κ3) is 4.57. The van der Waals surface area contributed by atoms with Gasteiger partial charge in [0, 0.05) is 0 Å². The molecule has 0 saturated carbocycles. The lowest BCUT2D eigenvalue weighted by molar-refractivity contribution is -0.122. The Hall–Kier alpha value is -3.60. The summed E-state index contributed by atoms with van der Waals surface area (Å²) in [6.07, 6.45) is -0.286. The van der Waals surface area contributed by atoms with E-state index in [1.807, 2.05) is 61.5 Å². The van der Waals surface area contributed by atoms with Crippen LogP contribution in [0.5, 0.6) is 5.75 Å². The lowest BCUT2D eigenvalue weighted by Gasteiger charge is -2.18. The highest BCUT2D eigenvalue weighted by atomic mass is 16.5. The number of hydrogen-bond donors (Lipinski definition) is 2. The van der Waals surface area contributed by atoms with Gasteiger partial charge in [0.15, 0.2) is 6.10 Å². The minimum atomic E-state index is -1.10. The molecule has 0 aliphatic heterocycles. The predicted octanol–water partition coefficient (Wildman–Crippen LogP) is 4.85. The highest BCUT2D eigenvalue weighted by Gasteiger charge is 2.20. The summed E-state index contributed by atoms with van der Waals surface area (Å²) in [5.74, 6) is -0.905. The molecule has 1 amide bonds. The first-order chi connectivity index (χ1) is 13.6. The molecule has 5 heteroatoms. The van der Waals surface area contributed by atoms with E-state index in [9.17, 15) is 14.7 Å². The standard InChI is InChI=1S/C23H21NO4/c1-2-21(22(25)24-20-11-7-6-10-19(20)23(26)27)28-18-14-12-17(13-15-18)16-8-4-3-5-9-16/h3-15,21H,2H2,1H3,(H,24,25)(H,26,27). The second kappa shape index (κ2) is 8.86. The Bertz CT molecular complexity index is 952. The largest absolute Gasteiger partial charge is 0.481 e. The molecule has 1 atom stereocenters. The lowest BCUT2D eigenvalue weighted by Crippen LogP contribution is -2.32. The number of nitrogens with one attached hydrogen (secondary N) is 1. The number of ether oxygens (including phenoxy) is 1. The van der Waals surface area contributed by atoms with Gasteiger partial charge in [-0.3, -0.25) is 4.79 Å². The molecular formula is C23H21NO4. The second-order valence-corrected chi connectivity index (χ2v) is 6.25. The molecule has 28 heavy (non-hydrogen) atoms. The number of anilines is 1. The number of hydrogen-bond acceptors (Lipinski definition) is 3. The number of carbonyl (C=O) groups excluding carboxylic acids is 1. The fourth-order valence-electron chi connectivity index (χ4n) is 2.83. The number of aromatic carboxylic acids is 1. The van der Waals surface area contributed by atoms with Crippen molar-refractivity contribution in [3.63, 3.8) is 0 Å². The van der Waals surface area contributed by atoms with Gasteiger partial charge in [0.25, 0.3) is 5.91 Å². The van der Waals surface area contributed by atoms with Crippen LogP contribution in [0.25, 0.3) is 11.1 Å². The van der Waals surface area contributed by atoms with E-state index in [0.717, 1.165) is 11.1 Å². The Morgan fingerprint density at radius 1 is 0.893 bits per heavy atom. The zero-order valence-corrected chi connectivity index (χ0v) is 15.5. The Balaban J connectivity index is 1.70. The highest BCUT2D eigenvalue weighted by molar-refractivity contribution is 6.01. The van der Waals surface area contributed by atoms with E-state index in [1.54, 1.807) is 18.2 Å². The number of carboxylic acid groups (broad SMARTS) is 1. The normalized spacial score (nSPS) is 11.5. The molecule has 0 saturated heterocycles. The molecule has 0 radical (unpaired) electrons. The molecule has 0 bridgehead atoms. The first-order valence-electron chi connectivity index (χ1n) is 9.04. The summed E-state index contributed by atoms with van der Waals surface area (Å²) in [6, 6.07) is 23.8. The number of amides is 1. The molecule has 0 fully saturated rings. The quantitative estimate of drug-likeness (QED) is 0.619. The van der Waals surface area contributed by atoms with Crippen LogP contribution < -0.4 is 10.1 Å². The maximum atomic E-state index is 12.6. The van der Waals surface area contributed by atoms with Gasteiger partial charge in [-0.25, -0.2) is 4.79 Å². The molecule has 0 spiro atoms. The Morgan fingerprint density at radius 2 is 1.50 bits per heavy atom. The molecule has 5 nitrogen and oxygen atoms in total. The van der Waals surface area contributed by atoms with Crippen LogP contribution >= 0.6 is 0 Å². The van der Waals surface area contributed by atoms with Gasteiger partial charge in [-0.15, -0.1) is 0 Å². The van der Waals surface area contributed by atoms with Gasteiger partial charge >= 0.3 is 5.97 Å². The van der Waals surface area contributed by atoms with Crippen LogP contribution in [0, 0.1) is 0 Å². The fourth-order valence-corrected chi connectivity index (χ4v) is 2.83. The first-order valence-corrected chi connectivity index (χ1v) is 9.04. The summed E-state index contributed by atoms with van der Waals surface area (Å²) in [7, 11) is 0. The number of benzene rings is 3. The predicted molar refractivity (Wildman–Crippen MR) is 109 cm³/mol. The SMILES string of the molecule is CCC(Oc1ccc(-c2ccccc2)cc1)C(=O)Nc1ccccc1C(=O)O. The zero-order valence-electron chi connectivity index (χ0n) is 15.5. The second-order valence-electron chi connectivity index (χ2n) is 6.25. The first kappa shape index (κ1) is 19.2. The van der Waals surface area contributed by atoms with Crippen molar-refractivity contribution in [3.05, 3.63) is 84.4 Å². The maximum absolute atomic E-state index is 12.6. The van der Waals surface area contributed by atoms with Crippen molar-refractivity contribution in [2.45, 2.75) is 19.4 Å². The molecule has 3 aromatic carbocycles. The third-order valence-electron chi connectivity index (χ3n) is 4.32. The monoisotopic (exact) mass is 375 g/mol. The molecule has 1 unspecified atom stereocenters. The van der Waals surface area contributed by atoms with Crippen molar-refractivity contribution < 1.29 is 19.4 Å². The van der Waals surface area contributed by atoms with Gasteiger partial charge in [0.05, 0.1) is 11.3 Å². The minimum Gasteiger partial charge on any atom is -0.481 e. The number of carbonyl (C=O) groups is 2. The molecule has 0 aromatic heterocycles. The summed E-state index contributed by atoms with van der Waals surface area (Å²) in [5.41, 5.74) is 2.45. The van der Waals surface area contributed by atoms with Crippen LogP contribution in [0.3, 0.4) is 0 Å². The molecule has 3 aromatic rings. The lowest BCUT2D eigenvalue weighted by atomic mass is 10.1. The van der Waals surface area contributed by atoms with Crippen LogP contribution in [-0.2, 0) is 4.79 Å². The number of para-hydroxylation sites is 1. The van der Waals surface area contributed by atoms with Crippen LogP contribution in [0.15, 0.2) is 78.9 Å². The van der Waals surface area contributed by atoms with Gasteiger partial charge in [-0.1, -0.05) is 61.5 Å². The van der Waals surface area contributed by atoms with E-state index in [-0.39, 0.29) is 17.2 Å². The topological polar surface area (TPSA) is 75.6 Å². The summed E-state index contributed by atoms with van der Waals surface area (Å²) < 4.78 is 5.83. The Labute approximate surface area is 163 Å². The van der Waals surface area contributed by atoms with Crippen LogP contribution in [-0.4, -0.2) is 23.1 Å². The summed E-state index contributed by atoms with van der Waals surface area (Å²) >= 11 is 0. The Kier molecular flexibility index (Phi) is 6.07. The molecular weight excluding hydrogens is 354 g/mol. The van der Waals surface area contributed by atoms with Crippen molar-refractivity contribution in [1.82, 2.24) is 0 Å². The minimum absolute atomic E-state index is 0.0397. The summed E-state index contributed by atoms with van der Waals surface area (Å²) in [6.45, 7) is 1.84. The molecule has 0 aliphatic rings. The number of carboxylic acids is 1. The molecule has 2 N–H and O–H groups in total. The van der Waals surface area contributed by atoms with E-state index in [4.69, 9.17) is 4.74 Å². The maximum Gasteiger partial charge on any atom is 0.337 e. The van der Waals surface area contributed by atoms with E-state index in [0.29, 0.717) is 12.2 Å². The van der Waals surface area contributed by atoms with Crippen LogP contribution in [0.1, 0.15) is 23.7 Å². The van der Waals surface area contributed by atoms with E-state index < -0.39 is 12.1 Å². The highest BCUT2D eigenvalue weighted by Crippen LogP contribution is 2.23. The van der Waals surface area contributed by atoms with Crippen molar-refractivity contribution in [3.8, 4) is 16.9 Å². The molecule has 3 rings (SSSR count). The average Bonchev–Trinajstić information content (AvgIpc) is 2.73. The molecule has 0 aliphatic carbocycles. The van der Waals surface area contributed by atoms with Crippen LogP contribution in [0.4, 0.5) is 5.69 Å². The van der Waals surface area contributed by atoms with Crippen molar-refractivity contribution in [2.24, 2.45) is 0 Å². The van der Waals surface area contributed by atoms with Crippen molar-refractivity contribution in [1.29, 1.82) is 0 Å². The van der Waals surface area contributed by atoms with Gasteiger partial charge < -0.3 is 15.2 Å². The van der Waals surface area contributed by atoms with Gasteiger partial charge in [-0.2, -0.15) is 0 Å². The molecule has 142 valence electrons. The van der Waals surface area contributed by atoms with Gasteiger partial charge in [-0.05, 0) is 41.8 Å². The Morgan fingerprint density at radius 3 is 2.14 bits per heavy atom. The zero-order chi connectivity index (χ0) is 19.9. The average molecular weight is 375 g/mol. The van der Waals surface area contributed by atoms with Gasteiger partial charge in [0.2, 0.25) is 0 Å². The van der Waals surface area contributed by atoms with Gasteiger partial charge in [0.1, 0.15) is 5.75 Å². The van der Waals surface area contributed by atoms with E-state index in [2.05, 4.69) is 5.32 Å². The van der Waals surface area contributed by atoms with Crippen LogP contribution in [0.2, 0.25) is 0 Å². The van der Waals surface area contributed by atoms with E-state index >= 15 is 0 Å². The van der Waals surface area contributed by atoms with E-state index in [1.165, 1.54) is 6.07 Å². The smallest absolute Gasteiger partial charge is 0.337 e. The third-order valence-corrected chi connectivity index (χ3v) is 4.32. The summed E-state index contributed by atoms with van der Waals surface area (Å²) in [4.78, 5) is 23.9. The molecule has 0 heterocycles. The van der Waals surface area contributed by atoms with Crippen molar-refractivity contribution in [2.75, 3.05) is 5.32 Å². The van der Waals surface area contributed by atoms with Crippen molar-refractivity contribution >= 4 is 17.6 Å².